The normalized spacial score (nSPS) is 11.7. The van der Waals surface area contributed by atoms with Crippen molar-refractivity contribution in [2.75, 3.05) is 172 Å². The molecule has 15 heteroatoms. The standard InChI is InChI=1S/C34H66O15/c1-5-7-36-9-11-38-13-15-40-17-19-42-21-23-44-25-27-46-29-31-48-32-30-47-28-26-45-24-22-43-20-18-41-16-14-39-12-10-37-8-6-33(35)49-34(2,3)4/h5H,1,6-32H2,2-4H3. The summed E-state index contributed by atoms with van der Waals surface area (Å²) >= 11 is 0. The van der Waals surface area contributed by atoms with Gasteiger partial charge in [0.1, 0.15) is 5.60 Å². The second-order valence-electron chi connectivity index (χ2n) is 11.0. The van der Waals surface area contributed by atoms with E-state index in [2.05, 4.69) is 6.58 Å². The Bertz CT molecular complexity index is 678. The van der Waals surface area contributed by atoms with E-state index in [4.69, 9.17) is 66.3 Å². The molecular formula is C34H66O15. The lowest BCUT2D eigenvalue weighted by molar-refractivity contribution is -0.156. The summed E-state index contributed by atoms with van der Waals surface area (Å²) in [5, 5.41) is 0. The van der Waals surface area contributed by atoms with Gasteiger partial charge in [0.2, 0.25) is 0 Å². The van der Waals surface area contributed by atoms with Crippen LogP contribution in [0.1, 0.15) is 27.2 Å². The lowest BCUT2D eigenvalue weighted by Gasteiger charge is -2.19. The van der Waals surface area contributed by atoms with Crippen LogP contribution in [-0.2, 0) is 71.1 Å². The van der Waals surface area contributed by atoms with E-state index in [9.17, 15) is 4.79 Å². The maximum Gasteiger partial charge on any atom is 0.308 e. The number of carbonyl (C=O) groups is 1. The number of hydrogen-bond donors (Lipinski definition) is 0. The first-order valence-corrected chi connectivity index (χ1v) is 17.3. The van der Waals surface area contributed by atoms with Gasteiger partial charge in [-0.1, -0.05) is 6.08 Å². The van der Waals surface area contributed by atoms with E-state index < -0.39 is 5.60 Å². The number of carbonyl (C=O) groups excluding carboxylic acids is 1. The summed E-state index contributed by atoms with van der Waals surface area (Å²) in [6.07, 6.45) is 1.94. The highest BCUT2D eigenvalue weighted by Crippen LogP contribution is 2.08. The van der Waals surface area contributed by atoms with Gasteiger partial charge in [-0.2, -0.15) is 0 Å². The molecule has 0 aromatic heterocycles. The molecule has 0 saturated heterocycles. The molecule has 0 N–H and O–H groups in total. The van der Waals surface area contributed by atoms with Crippen molar-refractivity contribution in [3.63, 3.8) is 0 Å². The van der Waals surface area contributed by atoms with Gasteiger partial charge in [0, 0.05) is 0 Å². The van der Waals surface area contributed by atoms with Gasteiger partial charge in [0.05, 0.1) is 178 Å². The quantitative estimate of drug-likeness (QED) is 0.0517. The van der Waals surface area contributed by atoms with E-state index in [0.717, 1.165) is 0 Å². The molecule has 0 aromatic carbocycles. The molecule has 15 nitrogen and oxygen atoms in total. The zero-order valence-electron chi connectivity index (χ0n) is 30.5. The second kappa shape index (κ2) is 39.5. The Morgan fingerprint density at radius 1 is 0.388 bits per heavy atom. The zero-order chi connectivity index (χ0) is 35.8. The van der Waals surface area contributed by atoms with Crippen LogP contribution in [0.25, 0.3) is 0 Å². The van der Waals surface area contributed by atoms with E-state index in [-0.39, 0.29) is 12.4 Å². The van der Waals surface area contributed by atoms with E-state index in [1.807, 2.05) is 20.8 Å². The van der Waals surface area contributed by atoms with Crippen LogP contribution in [0.4, 0.5) is 0 Å². The zero-order valence-corrected chi connectivity index (χ0v) is 30.5. The summed E-state index contributed by atoms with van der Waals surface area (Å²) in [7, 11) is 0. The lowest BCUT2D eigenvalue weighted by Crippen LogP contribution is -2.24. The average Bonchev–Trinajstić information content (AvgIpc) is 3.06. The molecule has 292 valence electrons. The van der Waals surface area contributed by atoms with Gasteiger partial charge < -0.3 is 66.3 Å². The highest BCUT2D eigenvalue weighted by atomic mass is 16.6. The summed E-state index contributed by atoms with van der Waals surface area (Å²) in [5.74, 6) is -0.266. The maximum atomic E-state index is 11.6. The summed E-state index contributed by atoms with van der Waals surface area (Å²) in [6.45, 7) is 21.9. The van der Waals surface area contributed by atoms with Gasteiger partial charge in [-0.3, -0.25) is 4.79 Å². The largest absolute Gasteiger partial charge is 0.460 e. The molecule has 0 bridgehead atoms. The van der Waals surface area contributed by atoms with Crippen molar-refractivity contribution < 1.29 is 71.1 Å². The lowest BCUT2D eigenvalue weighted by atomic mass is 10.2. The molecule has 49 heavy (non-hydrogen) atoms. The molecule has 0 radical (unpaired) electrons. The second-order valence-corrected chi connectivity index (χ2v) is 11.0. The van der Waals surface area contributed by atoms with Crippen LogP contribution in [0, 0.1) is 0 Å². The molecular weight excluding hydrogens is 648 g/mol. The van der Waals surface area contributed by atoms with Crippen molar-refractivity contribution in [2.24, 2.45) is 0 Å². The van der Waals surface area contributed by atoms with Gasteiger partial charge >= 0.3 is 5.97 Å². The molecule has 0 heterocycles. The minimum absolute atomic E-state index is 0.230. The fraction of sp³-hybridized carbons (Fsp3) is 0.912. The summed E-state index contributed by atoms with van der Waals surface area (Å²) in [5.41, 5.74) is -0.475. The number of rotatable bonds is 41. The number of ether oxygens (including phenoxy) is 14. The Hall–Kier alpha value is -1.31. The van der Waals surface area contributed by atoms with Gasteiger partial charge in [-0.25, -0.2) is 0 Å². The third kappa shape index (κ3) is 44.7. The molecule has 0 saturated carbocycles. The molecule has 0 aliphatic heterocycles. The molecule has 0 atom stereocenters. The number of esters is 1. The third-order valence-electron chi connectivity index (χ3n) is 5.57. The fourth-order valence-electron chi connectivity index (χ4n) is 3.35. The average molecular weight is 715 g/mol. The molecule has 0 amide bonds. The minimum Gasteiger partial charge on any atom is -0.460 e. The smallest absolute Gasteiger partial charge is 0.308 e. The van der Waals surface area contributed by atoms with Crippen molar-refractivity contribution in [1.82, 2.24) is 0 Å². The molecule has 0 spiro atoms. The minimum atomic E-state index is -0.475. The van der Waals surface area contributed by atoms with Crippen LogP contribution in [-0.4, -0.2) is 183 Å². The highest BCUT2D eigenvalue weighted by molar-refractivity contribution is 5.69. The van der Waals surface area contributed by atoms with Crippen molar-refractivity contribution in [1.29, 1.82) is 0 Å². The molecule has 0 aromatic rings. The Morgan fingerprint density at radius 2 is 0.592 bits per heavy atom. The van der Waals surface area contributed by atoms with Gasteiger partial charge in [-0.05, 0) is 20.8 Å². The third-order valence-corrected chi connectivity index (χ3v) is 5.57. The van der Waals surface area contributed by atoms with Gasteiger partial charge in [0.15, 0.2) is 0 Å². The van der Waals surface area contributed by atoms with Crippen molar-refractivity contribution in [3.05, 3.63) is 12.7 Å². The summed E-state index contributed by atoms with van der Waals surface area (Å²) in [6, 6.07) is 0. The molecule has 0 aliphatic rings. The molecule has 0 unspecified atom stereocenters. The van der Waals surface area contributed by atoms with E-state index in [1.54, 1.807) is 6.08 Å². The van der Waals surface area contributed by atoms with Gasteiger partial charge in [-0.15, -0.1) is 6.58 Å². The van der Waals surface area contributed by atoms with E-state index in [0.29, 0.717) is 172 Å². The fourth-order valence-corrected chi connectivity index (χ4v) is 3.35. The van der Waals surface area contributed by atoms with Gasteiger partial charge in [0.25, 0.3) is 0 Å². The maximum absolute atomic E-state index is 11.6. The summed E-state index contributed by atoms with van der Waals surface area (Å²) in [4.78, 5) is 11.6. The van der Waals surface area contributed by atoms with Crippen LogP contribution in [0.3, 0.4) is 0 Å². The van der Waals surface area contributed by atoms with Crippen molar-refractivity contribution in [2.45, 2.75) is 32.8 Å². The Balaban J connectivity index is 3.09. The van der Waals surface area contributed by atoms with Crippen LogP contribution in [0.15, 0.2) is 12.7 Å². The van der Waals surface area contributed by atoms with Crippen LogP contribution < -0.4 is 0 Å². The predicted octanol–water partition coefficient (Wildman–Crippen LogP) is 2.12. The van der Waals surface area contributed by atoms with Crippen molar-refractivity contribution >= 4 is 5.97 Å². The first-order valence-electron chi connectivity index (χ1n) is 17.3. The SMILES string of the molecule is C=CCOCCOCCOCCOCCOCCOCCOCCOCCOCCOCCOCCOCCOCCC(=O)OC(C)(C)C. The Kier molecular flexibility index (Phi) is 38.4. The monoisotopic (exact) mass is 714 g/mol. The molecule has 0 aliphatic carbocycles. The van der Waals surface area contributed by atoms with Crippen LogP contribution in [0.5, 0.6) is 0 Å². The van der Waals surface area contributed by atoms with E-state index in [1.165, 1.54) is 0 Å². The topological polar surface area (TPSA) is 146 Å². The van der Waals surface area contributed by atoms with Crippen LogP contribution >= 0.6 is 0 Å². The Labute approximate surface area is 294 Å². The molecule has 0 fully saturated rings. The first-order chi connectivity index (χ1) is 24.0. The van der Waals surface area contributed by atoms with Crippen molar-refractivity contribution in [3.8, 4) is 0 Å². The summed E-state index contributed by atoms with van der Waals surface area (Å²) < 4.78 is 75.8. The van der Waals surface area contributed by atoms with Crippen LogP contribution in [0.2, 0.25) is 0 Å². The number of hydrogen-bond acceptors (Lipinski definition) is 15. The van der Waals surface area contributed by atoms with E-state index >= 15 is 0 Å². The first kappa shape index (κ1) is 47.7. The molecule has 0 rings (SSSR count). The Morgan fingerprint density at radius 3 is 0.796 bits per heavy atom. The highest BCUT2D eigenvalue weighted by Gasteiger charge is 2.15. The predicted molar refractivity (Wildman–Crippen MR) is 181 cm³/mol.